The predicted molar refractivity (Wildman–Crippen MR) is 127 cm³/mol. The zero-order valence-corrected chi connectivity index (χ0v) is 19.0. The molecule has 33 heavy (non-hydrogen) atoms. The number of carbonyl (C=O) groups is 1. The van der Waals surface area contributed by atoms with Crippen molar-refractivity contribution in [3.8, 4) is 0 Å². The van der Waals surface area contributed by atoms with Gasteiger partial charge in [-0.2, -0.15) is 5.10 Å². The number of hydrogen-bond acceptors (Lipinski definition) is 3. The summed E-state index contributed by atoms with van der Waals surface area (Å²) in [6, 6.07) is 16.3. The first kappa shape index (κ1) is 22.5. The molecule has 0 radical (unpaired) electrons. The molecule has 0 aliphatic rings. The summed E-state index contributed by atoms with van der Waals surface area (Å²) in [4.78, 5) is 25.7. The third kappa shape index (κ3) is 4.72. The fourth-order valence-electron chi connectivity index (χ4n) is 4.13. The quantitative estimate of drug-likeness (QED) is 0.468. The molecule has 4 aromatic rings. The van der Waals surface area contributed by atoms with Crippen molar-refractivity contribution in [3.05, 3.63) is 99.5 Å². The third-order valence-electron chi connectivity index (χ3n) is 6.13. The van der Waals surface area contributed by atoms with Crippen LogP contribution < -0.4 is 10.9 Å². The molecule has 1 N–H and O–H groups in total. The van der Waals surface area contributed by atoms with E-state index in [1.165, 1.54) is 16.8 Å². The van der Waals surface area contributed by atoms with Crippen LogP contribution in [-0.4, -0.2) is 26.8 Å². The summed E-state index contributed by atoms with van der Waals surface area (Å²) in [6.07, 6.45) is 1.64. The van der Waals surface area contributed by atoms with Crippen LogP contribution in [-0.2, 0) is 17.9 Å². The molecule has 2 aromatic carbocycles. The Kier molecular flexibility index (Phi) is 6.40. The molecule has 0 unspecified atom stereocenters. The lowest BCUT2D eigenvalue weighted by atomic mass is 10.0. The molecule has 4 rings (SSSR count). The number of benzene rings is 2. The van der Waals surface area contributed by atoms with E-state index in [0.29, 0.717) is 18.5 Å². The predicted octanol–water partition coefficient (Wildman–Crippen LogP) is 3.92. The van der Waals surface area contributed by atoms with Crippen molar-refractivity contribution in [1.82, 2.24) is 19.7 Å². The van der Waals surface area contributed by atoms with Crippen molar-refractivity contribution >= 4 is 16.7 Å². The molecule has 0 bridgehead atoms. The fraction of sp³-hybridized carbons (Fsp3) is 0.269. The second-order valence-corrected chi connectivity index (χ2v) is 8.40. The first-order valence-electron chi connectivity index (χ1n) is 11.0. The topological polar surface area (TPSA) is 68.9 Å². The SMILES string of the molecule is Cc1c2cnn(CC(=O)NC[C@H](C)c3ccccc3)c(=O)c2c(C)n1Cc1ccc(F)cc1. The molecule has 6 nitrogen and oxygen atoms in total. The Labute approximate surface area is 191 Å². The molecule has 0 spiro atoms. The minimum Gasteiger partial charge on any atom is -0.354 e. The number of amides is 1. The number of carbonyl (C=O) groups excluding carboxylic acids is 1. The van der Waals surface area contributed by atoms with Crippen molar-refractivity contribution in [2.24, 2.45) is 0 Å². The number of nitrogens with one attached hydrogen (secondary N) is 1. The van der Waals surface area contributed by atoms with Gasteiger partial charge in [-0.15, -0.1) is 0 Å². The van der Waals surface area contributed by atoms with Crippen LogP contribution >= 0.6 is 0 Å². The molecular weight excluding hydrogens is 419 g/mol. The Balaban J connectivity index is 1.52. The molecular formula is C26H27FN4O2. The molecule has 1 atom stereocenters. The second-order valence-electron chi connectivity index (χ2n) is 8.40. The maximum atomic E-state index is 13.2. The van der Waals surface area contributed by atoms with E-state index in [1.807, 2.05) is 55.7 Å². The van der Waals surface area contributed by atoms with Crippen LogP contribution in [0.25, 0.3) is 10.8 Å². The highest BCUT2D eigenvalue weighted by Gasteiger charge is 2.18. The maximum Gasteiger partial charge on any atom is 0.276 e. The maximum absolute atomic E-state index is 13.2. The van der Waals surface area contributed by atoms with E-state index in [1.54, 1.807) is 18.3 Å². The zero-order valence-electron chi connectivity index (χ0n) is 19.0. The van der Waals surface area contributed by atoms with Crippen molar-refractivity contribution < 1.29 is 9.18 Å². The van der Waals surface area contributed by atoms with Gasteiger partial charge < -0.3 is 9.88 Å². The lowest BCUT2D eigenvalue weighted by molar-refractivity contribution is -0.121. The van der Waals surface area contributed by atoms with Gasteiger partial charge in [-0.1, -0.05) is 49.4 Å². The number of nitrogens with zero attached hydrogens (tertiary/aromatic N) is 3. The summed E-state index contributed by atoms with van der Waals surface area (Å²) in [6.45, 7) is 6.71. The monoisotopic (exact) mass is 446 g/mol. The Morgan fingerprint density at radius 3 is 2.45 bits per heavy atom. The Hall–Kier alpha value is -3.74. The van der Waals surface area contributed by atoms with E-state index in [4.69, 9.17) is 0 Å². The van der Waals surface area contributed by atoms with E-state index in [-0.39, 0.29) is 29.7 Å². The van der Waals surface area contributed by atoms with Gasteiger partial charge in [0, 0.05) is 29.9 Å². The summed E-state index contributed by atoms with van der Waals surface area (Å²) in [5.74, 6) is -0.382. The number of aromatic nitrogens is 3. The van der Waals surface area contributed by atoms with E-state index in [0.717, 1.165) is 27.9 Å². The summed E-state index contributed by atoms with van der Waals surface area (Å²) in [7, 11) is 0. The molecule has 170 valence electrons. The average molecular weight is 447 g/mol. The number of hydrogen-bond donors (Lipinski definition) is 1. The van der Waals surface area contributed by atoms with Gasteiger partial charge in [-0.25, -0.2) is 9.07 Å². The summed E-state index contributed by atoms with van der Waals surface area (Å²) < 4.78 is 16.5. The number of rotatable bonds is 7. The highest BCUT2D eigenvalue weighted by molar-refractivity contribution is 5.87. The molecule has 2 heterocycles. The van der Waals surface area contributed by atoms with Gasteiger partial charge in [0.05, 0.1) is 11.6 Å². The van der Waals surface area contributed by atoms with Crippen LogP contribution in [0, 0.1) is 19.7 Å². The van der Waals surface area contributed by atoms with Crippen LogP contribution in [0.15, 0.2) is 65.6 Å². The lowest BCUT2D eigenvalue weighted by Gasteiger charge is -2.13. The van der Waals surface area contributed by atoms with Gasteiger partial charge in [-0.3, -0.25) is 9.59 Å². The Morgan fingerprint density at radius 2 is 1.76 bits per heavy atom. The normalized spacial score (nSPS) is 12.1. The van der Waals surface area contributed by atoms with Gasteiger partial charge in [0.1, 0.15) is 12.4 Å². The van der Waals surface area contributed by atoms with Gasteiger partial charge >= 0.3 is 0 Å². The summed E-state index contributed by atoms with van der Waals surface area (Å²) >= 11 is 0. The van der Waals surface area contributed by atoms with E-state index in [9.17, 15) is 14.0 Å². The molecule has 0 aliphatic carbocycles. The minimum absolute atomic E-state index is 0.141. The molecule has 1 amide bonds. The Morgan fingerprint density at radius 1 is 1.06 bits per heavy atom. The van der Waals surface area contributed by atoms with Crippen LogP contribution in [0.2, 0.25) is 0 Å². The largest absolute Gasteiger partial charge is 0.354 e. The fourth-order valence-corrected chi connectivity index (χ4v) is 4.13. The van der Waals surface area contributed by atoms with Gasteiger partial charge in [0.2, 0.25) is 5.91 Å². The molecule has 0 fully saturated rings. The summed E-state index contributed by atoms with van der Waals surface area (Å²) in [5, 5.41) is 8.45. The Bertz CT molecular complexity index is 1340. The molecule has 0 saturated carbocycles. The molecule has 2 aromatic heterocycles. The van der Waals surface area contributed by atoms with Crippen LogP contribution in [0.4, 0.5) is 4.39 Å². The first-order valence-corrected chi connectivity index (χ1v) is 11.0. The molecule has 0 aliphatic heterocycles. The average Bonchev–Trinajstić information content (AvgIpc) is 3.06. The van der Waals surface area contributed by atoms with Crippen molar-refractivity contribution in [2.45, 2.75) is 39.8 Å². The van der Waals surface area contributed by atoms with E-state index >= 15 is 0 Å². The molecule has 0 saturated heterocycles. The minimum atomic E-state index is -0.294. The van der Waals surface area contributed by atoms with Crippen LogP contribution in [0.5, 0.6) is 0 Å². The van der Waals surface area contributed by atoms with Gasteiger partial charge in [0.25, 0.3) is 5.56 Å². The zero-order chi connectivity index (χ0) is 23.5. The lowest BCUT2D eigenvalue weighted by Crippen LogP contribution is -2.35. The highest BCUT2D eigenvalue weighted by atomic mass is 19.1. The van der Waals surface area contributed by atoms with Crippen LogP contribution in [0.3, 0.4) is 0 Å². The smallest absolute Gasteiger partial charge is 0.276 e. The van der Waals surface area contributed by atoms with Gasteiger partial charge in [0.15, 0.2) is 0 Å². The first-order chi connectivity index (χ1) is 15.8. The van der Waals surface area contributed by atoms with E-state index < -0.39 is 0 Å². The highest BCUT2D eigenvalue weighted by Crippen LogP contribution is 2.23. The number of aryl methyl sites for hydroxylation is 2. The van der Waals surface area contributed by atoms with Crippen molar-refractivity contribution in [1.29, 1.82) is 0 Å². The van der Waals surface area contributed by atoms with Crippen molar-refractivity contribution in [3.63, 3.8) is 0 Å². The molecule has 7 heteroatoms. The van der Waals surface area contributed by atoms with E-state index in [2.05, 4.69) is 10.4 Å². The van der Waals surface area contributed by atoms with Crippen LogP contribution in [0.1, 0.15) is 35.4 Å². The third-order valence-corrected chi connectivity index (χ3v) is 6.13. The van der Waals surface area contributed by atoms with Gasteiger partial charge in [-0.05, 0) is 43.0 Å². The second kappa shape index (κ2) is 9.40. The van der Waals surface area contributed by atoms with Crippen molar-refractivity contribution in [2.75, 3.05) is 6.54 Å². The number of fused-ring (bicyclic) bond motifs is 1. The standard InChI is InChI=1S/C26H27FN4O2/c1-17(21-7-5-4-6-8-21)13-28-24(32)16-31-26(33)25-19(3)30(18(2)23(25)14-29-31)15-20-9-11-22(27)12-10-20/h4-12,14,17H,13,15-16H2,1-3H3,(H,28,32)/t17-/m0/s1. The number of halogens is 1. The summed E-state index contributed by atoms with van der Waals surface area (Å²) in [5.41, 5.74) is 3.49.